The summed E-state index contributed by atoms with van der Waals surface area (Å²) in [4.78, 5) is 18.0. The summed E-state index contributed by atoms with van der Waals surface area (Å²) in [7, 11) is 0. The van der Waals surface area contributed by atoms with E-state index in [1.807, 2.05) is 18.2 Å². The van der Waals surface area contributed by atoms with E-state index >= 15 is 0 Å². The molecular weight excluding hydrogens is 343 g/mol. The van der Waals surface area contributed by atoms with Crippen LogP contribution in [0.15, 0.2) is 47.8 Å². The normalized spacial score (nSPS) is 24.0. The van der Waals surface area contributed by atoms with Crippen molar-refractivity contribution in [1.82, 2.24) is 4.90 Å². The second-order valence-corrected chi connectivity index (χ2v) is 7.12. The SMILES string of the molecule is C=CC(=O)N1CCC(c2cc(C3=CCCC=C3F)cc3c2NC(N)N=C3)C1. The van der Waals surface area contributed by atoms with E-state index < -0.39 is 6.29 Å². The summed E-state index contributed by atoms with van der Waals surface area (Å²) < 4.78 is 14.4. The molecule has 2 unspecified atom stereocenters. The fourth-order valence-electron chi connectivity index (χ4n) is 4.02. The third kappa shape index (κ3) is 3.32. The quantitative estimate of drug-likeness (QED) is 0.807. The van der Waals surface area contributed by atoms with Gasteiger partial charge in [-0.15, -0.1) is 0 Å². The van der Waals surface area contributed by atoms with E-state index in [2.05, 4.69) is 16.9 Å². The monoisotopic (exact) mass is 366 g/mol. The van der Waals surface area contributed by atoms with Crippen LogP contribution in [0, 0.1) is 0 Å². The van der Waals surface area contributed by atoms with Crippen LogP contribution < -0.4 is 11.1 Å². The number of benzene rings is 1. The summed E-state index contributed by atoms with van der Waals surface area (Å²) in [6.45, 7) is 4.88. The van der Waals surface area contributed by atoms with Crippen LogP contribution >= 0.6 is 0 Å². The molecule has 1 aliphatic carbocycles. The molecule has 1 aromatic carbocycles. The highest BCUT2D eigenvalue weighted by molar-refractivity contribution is 5.94. The number of halogens is 1. The van der Waals surface area contributed by atoms with Gasteiger partial charge in [-0.25, -0.2) is 4.39 Å². The van der Waals surface area contributed by atoms with Crippen LogP contribution in [-0.2, 0) is 4.79 Å². The van der Waals surface area contributed by atoms with E-state index in [0.717, 1.165) is 41.6 Å². The van der Waals surface area contributed by atoms with Gasteiger partial charge in [-0.2, -0.15) is 0 Å². The van der Waals surface area contributed by atoms with Gasteiger partial charge in [0.15, 0.2) is 6.29 Å². The Bertz CT molecular complexity index is 886. The van der Waals surface area contributed by atoms with E-state index in [1.165, 1.54) is 6.08 Å². The van der Waals surface area contributed by atoms with Crippen LogP contribution in [0.5, 0.6) is 0 Å². The molecule has 1 amide bonds. The summed E-state index contributed by atoms with van der Waals surface area (Å²) in [5.74, 6) is -0.0813. The number of carbonyl (C=O) groups excluding carboxylic acids is 1. The number of hydrogen-bond acceptors (Lipinski definition) is 4. The van der Waals surface area contributed by atoms with E-state index in [4.69, 9.17) is 5.73 Å². The maximum atomic E-state index is 14.4. The maximum Gasteiger partial charge on any atom is 0.245 e. The van der Waals surface area contributed by atoms with Gasteiger partial charge in [-0.1, -0.05) is 12.7 Å². The number of fused-ring (bicyclic) bond motifs is 1. The van der Waals surface area contributed by atoms with Crippen molar-refractivity contribution in [2.75, 3.05) is 18.4 Å². The molecule has 1 fully saturated rings. The molecule has 0 spiro atoms. The van der Waals surface area contributed by atoms with Crippen molar-refractivity contribution in [1.29, 1.82) is 0 Å². The number of rotatable bonds is 3. The first-order chi connectivity index (χ1) is 13.1. The average Bonchev–Trinajstić information content (AvgIpc) is 3.17. The molecule has 2 aliphatic heterocycles. The van der Waals surface area contributed by atoms with Gasteiger partial charge in [0, 0.05) is 42.0 Å². The molecule has 0 bridgehead atoms. The minimum Gasteiger partial charge on any atom is -0.351 e. The molecule has 140 valence electrons. The molecule has 1 aromatic rings. The maximum absolute atomic E-state index is 14.4. The molecule has 5 nitrogen and oxygen atoms in total. The predicted molar refractivity (Wildman–Crippen MR) is 106 cm³/mol. The molecule has 6 heteroatoms. The number of likely N-dealkylation sites (tertiary alicyclic amines) is 1. The standard InChI is InChI=1S/C21H23FN4O/c1-2-19(27)26-8-7-13(12-26)17-10-14(16-5-3-4-6-18(16)22)9-15-11-24-21(23)25-20(15)17/h2,5-6,9-11,13,21,25H,1,3-4,7-8,12,23H2. The number of allylic oxidation sites excluding steroid dienone is 4. The van der Waals surface area contributed by atoms with Crippen molar-refractivity contribution in [2.24, 2.45) is 10.7 Å². The fourth-order valence-corrected chi connectivity index (χ4v) is 4.02. The lowest BCUT2D eigenvalue weighted by Crippen LogP contribution is -2.32. The first kappa shape index (κ1) is 17.7. The van der Waals surface area contributed by atoms with Gasteiger partial charge in [0.05, 0.1) is 0 Å². The van der Waals surface area contributed by atoms with Gasteiger partial charge in [0.2, 0.25) is 5.91 Å². The third-order valence-electron chi connectivity index (χ3n) is 5.39. The number of aliphatic imine (C=N–C) groups is 1. The van der Waals surface area contributed by atoms with Crippen molar-refractivity contribution < 1.29 is 9.18 Å². The van der Waals surface area contributed by atoms with E-state index in [-0.39, 0.29) is 17.7 Å². The Labute approximate surface area is 158 Å². The lowest BCUT2D eigenvalue weighted by molar-refractivity contribution is -0.125. The van der Waals surface area contributed by atoms with Crippen molar-refractivity contribution >= 4 is 23.4 Å². The average molecular weight is 366 g/mol. The minimum atomic E-state index is -0.500. The number of nitrogens with two attached hydrogens (primary N) is 1. The Kier molecular flexibility index (Phi) is 4.66. The number of nitrogens with zero attached hydrogens (tertiary/aromatic N) is 2. The predicted octanol–water partition coefficient (Wildman–Crippen LogP) is 3.31. The molecule has 0 aromatic heterocycles. The molecule has 4 rings (SSSR count). The summed E-state index contributed by atoms with van der Waals surface area (Å²) in [5.41, 5.74) is 10.3. The van der Waals surface area contributed by atoms with Gasteiger partial charge in [0.1, 0.15) is 5.83 Å². The van der Waals surface area contributed by atoms with Crippen LogP contribution in [0.3, 0.4) is 0 Å². The fraction of sp³-hybridized carbons (Fsp3) is 0.333. The van der Waals surface area contributed by atoms with Crippen molar-refractivity contribution in [2.45, 2.75) is 31.5 Å². The number of carbonyl (C=O) groups is 1. The third-order valence-corrected chi connectivity index (χ3v) is 5.39. The molecule has 0 saturated carbocycles. The molecule has 3 N–H and O–H groups in total. The number of nitrogens with one attached hydrogen (secondary N) is 1. The molecule has 27 heavy (non-hydrogen) atoms. The zero-order valence-electron chi connectivity index (χ0n) is 15.1. The van der Waals surface area contributed by atoms with Crippen LogP contribution in [0.25, 0.3) is 5.57 Å². The van der Waals surface area contributed by atoms with Crippen molar-refractivity contribution in [3.63, 3.8) is 0 Å². The largest absolute Gasteiger partial charge is 0.351 e. The zero-order valence-corrected chi connectivity index (χ0v) is 15.1. The summed E-state index contributed by atoms with van der Waals surface area (Å²) >= 11 is 0. The molecule has 0 radical (unpaired) electrons. The van der Waals surface area contributed by atoms with Gasteiger partial charge in [-0.05, 0) is 54.7 Å². The van der Waals surface area contributed by atoms with Gasteiger partial charge in [-0.3, -0.25) is 15.5 Å². The molecular formula is C21H23FN4O. The van der Waals surface area contributed by atoms with Gasteiger partial charge < -0.3 is 10.2 Å². The highest BCUT2D eigenvalue weighted by Gasteiger charge is 2.30. The Morgan fingerprint density at radius 2 is 2.19 bits per heavy atom. The molecule has 2 atom stereocenters. The summed E-state index contributed by atoms with van der Waals surface area (Å²) in [6.07, 6.45) is 8.58. The number of amides is 1. The molecule has 3 aliphatic rings. The Hall–Kier alpha value is -2.73. The highest BCUT2D eigenvalue weighted by atomic mass is 19.1. The highest BCUT2D eigenvalue weighted by Crippen LogP contribution is 2.39. The van der Waals surface area contributed by atoms with Crippen molar-refractivity contribution in [3.8, 4) is 0 Å². The Morgan fingerprint density at radius 3 is 2.96 bits per heavy atom. The Morgan fingerprint density at radius 1 is 1.37 bits per heavy atom. The van der Waals surface area contributed by atoms with E-state index in [1.54, 1.807) is 17.2 Å². The lowest BCUT2D eigenvalue weighted by atomic mass is 9.88. The van der Waals surface area contributed by atoms with Gasteiger partial charge >= 0.3 is 0 Å². The number of hydrogen-bond donors (Lipinski definition) is 2. The zero-order chi connectivity index (χ0) is 19.0. The van der Waals surface area contributed by atoms with Crippen LogP contribution in [0.4, 0.5) is 10.1 Å². The second-order valence-electron chi connectivity index (χ2n) is 7.12. The number of anilines is 1. The van der Waals surface area contributed by atoms with Crippen LogP contribution in [-0.4, -0.2) is 36.4 Å². The first-order valence-corrected chi connectivity index (χ1v) is 9.28. The molecule has 2 heterocycles. The molecule has 1 saturated heterocycles. The van der Waals surface area contributed by atoms with E-state index in [0.29, 0.717) is 18.7 Å². The minimum absolute atomic E-state index is 0.0577. The first-order valence-electron chi connectivity index (χ1n) is 9.28. The Balaban J connectivity index is 1.76. The topological polar surface area (TPSA) is 70.7 Å². The van der Waals surface area contributed by atoms with Crippen molar-refractivity contribution in [3.05, 3.63) is 59.5 Å². The van der Waals surface area contributed by atoms with E-state index in [9.17, 15) is 9.18 Å². The van der Waals surface area contributed by atoms with Crippen LogP contribution in [0.2, 0.25) is 0 Å². The van der Waals surface area contributed by atoms with Gasteiger partial charge in [0.25, 0.3) is 0 Å². The summed E-state index contributed by atoms with van der Waals surface area (Å²) in [6, 6.07) is 3.99. The second kappa shape index (κ2) is 7.12. The smallest absolute Gasteiger partial charge is 0.245 e. The lowest BCUT2D eigenvalue weighted by Gasteiger charge is -2.26. The van der Waals surface area contributed by atoms with Crippen LogP contribution in [0.1, 0.15) is 41.9 Å². The summed E-state index contributed by atoms with van der Waals surface area (Å²) in [5, 5.41) is 3.23.